The number of imidazole rings is 1. The van der Waals surface area contributed by atoms with E-state index in [0.29, 0.717) is 18.1 Å². The Kier molecular flexibility index (Phi) is 4.59. The second-order valence-corrected chi connectivity index (χ2v) is 8.18. The summed E-state index contributed by atoms with van der Waals surface area (Å²) in [7, 11) is 3.76. The van der Waals surface area contributed by atoms with Crippen molar-refractivity contribution in [2.45, 2.75) is 32.6 Å². The van der Waals surface area contributed by atoms with Gasteiger partial charge in [-0.15, -0.1) is 11.3 Å². The third-order valence-corrected chi connectivity index (χ3v) is 6.18. The third kappa shape index (κ3) is 3.18. The van der Waals surface area contributed by atoms with Gasteiger partial charge in [-0.25, -0.2) is 15.0 Å². The van der Waals surface area contributed by atoms with Gasteiger partial charge < -0.3 is 9.80 Å². The molecule has 7 nitrogen and oxygen atoms in total. The van der Waals surface area contributed by atoms with E-state index in [9.17, 15) is 4.79 Å². The molecule has 1 saturated heterocycles. The number of carbonyl (C=O) groups excluding carboxylic acids is 1. The molecule has 0 N–H and O–H groups in total. The van der Waals surface area contributed by atoms with Gasteiger partial charge in [0.2, 0.25) is 5.95 Å². The minimum absolute atomic E-state index is 0.000425. The molecule has 1 atom stereocenters. The lowest BCUT2D eigenvalue weighted by Crippen LogP contribution is -2.39. The Hall–Kier alpha value is -2.48. The number of aryl methyl sites for hydroxylation is 2. The van der Waals surface area contributed by atoms with E-state index in [1.807, 2.05) is 30.8 Å². The average Bonchev–Trinajstić information content (AvgIpc) is 3.22. The zero-order chi connectivity index (χ0) is 19.1. The zero-order valence-corrected chi connectivity index (χ0v) is 17.0. The summed E-state index contributed by atoms with van der Waals surface area (Å²) < 4.78 is 2.22. The molecule has 4 rings (SSSR count). The molecule has 1 amide bonds. The molecule has 27 heavy (non-hydrogen) atoms. The van der Waals surface area contributed by atoms with Crippen LogP contribution in [0.4, 0.5) is 5.95 Å². The second-order valence-electron chi connectivity index (χ2n) is 7.32. The van der Waals surface area contributed by atoms with Crippen LogP contribution >= 0.6 is 11.3 Å². The maximum Gasteiger partial charge on any atom is 0.257 e. The molecule has 0 aliphatic carbocycles. The number of nitrogens with zero attached hydrogens (tertiary/aromatic N) is 6. The number of aromatic nitrogens is 4. The minimum Gasteiger partial charge on any atom is -0.347 e. The first-order chi connectivity index (χ1) is 13.0. The molecule has 8 heteroatoms. The van der Waals surface area contributed by atoms with Gasteiger partial charge in [-0.05, 0) is 26.7 Å². The van der Waals surface area contributed by atoms with Crippen molar-refractivity contribution in [3.63, 3.8) is 0 Å². The van der Waals surface area contributed by atoms with E-state index in [0.717, 1.165) is 30.9 Å². The zero-order valence-electron chi connectivity index (χ0n) is 16.1. The molecule has 4 heterocycles. The van der Waals surface area contributed by atoms with Gasteiger partial charge in [0, 0.05) is 56.6 Å². The normalized spacial score (nSPS) is 17.5. The second kappa shape index (κ2) is 6.92. The molecule has 3 aromatic heterocycles. The molecule has 0 radical (unpaired) electrons. The number of anilines is 1. The molecule has 3 aromatic rings. The number of hydrogen-bond donors (Lipinski definition) is 0. The number of amides is 1. The van der Waals surface area contributed by atoms with Crippen LogP contribution in [0.3, 0.4) is 0 Å². The summed E-state index contributed by atoms with van der Waals surface area (Å²) in [5, 5.41) is 2.17. The monoisotopic (exact) mass is 384 g/mol. The first kappa shape index (κ1) is 17.9. The van der Waals surface area contributed by atoms with Gasteiger partial charge in [-0.2, -0.15) is 0 Å². The van der Waals surface area contributed by atoms with Crippen molar-refractivity contribution in [1.82, 2.24) is 24.3 Å². The molecule has 0 spiro atoms. The van der Waals surface area contributed by atoms with Crippen molar-refractivity contribution in [3.8, 4) is 0 Å². The van der Waals surface area contributed by atoms with Crippen LogP contribution in [0.2, 0.25) is 0 Å². The van der Waals surface area contributed by atoms with Crippen LogP contribution < -0.4 is 4.90 Å². The number of likely N-dealkylation sites (tertiary alicyclic amines) is 1. The van der Waals surface area contributed by atoms with Crippen LogP contribution in [-0.4, -0.2) is 57.3 Å². The molecule has 0 unspecified atom stereocenters. The molecule has 0 bridgehead atoms. The lowest BCUT2D eigenvalue weighted by atomic mass is 9.95. The highest BCUT2D eigenvalue weighted by Gasteiger charge is 2.29. The van der Waals surface area contributed by atoms with Crippen LogP contribution in [0.25, 0.3) is 4.83 Å². The summed E-state index contributed by atoms with van der Waals surface area (Å²) >= 11 is 1.74. The number of fused-ring (bicyclic) bond motifs is 1. The van der Waals surface area contributed by atoms with Gasteiger partial charge >= 0.3 is 0 Å². The summed E-state index contributed by atoms with van der Waals surface area (Å²) in [5.74, 6) is 1.90. The van der Waals surface area contributed by atoms with E-state index in [1.54, 1.807) is 23.7 Å². The summed E-state index contributed by atoms with van der Waals surface area (Å²) in [6, 6.07) is 0. The highest BCUT2D eigenvalue weighted by molar-refractivity contribution is 7.15. The van der Waals surface area contributed by atoms with Crippen molar-refractivity contribution in [3.05, 3.63) is 40.5 Å². The summed E-state index contributed by atoms with van der Waals surface area (Å²) in [6.45, 7) is 5.61. The highest BCUT2D eigenvalue weighted by Crippen LogP contribution is 2.33. The summed E-state index contributed by atoms with van der Waals surface area (Å²) in [6.07, 6.45) is 5.28. The van der Waals surface area contributed by atoms with Crippen molar-refractivity contribution in [2.24, 2.45) is 0 Å². The fourth-order valence-electron chi connectivity index (χ4n) is 3.75. The van der Waals surface area contributed by atoms with Crippen molar-refractivity contribution in [1.29, 1.82) is 0 Å². The lowest BCUT2D eigenvalue weighted by Gasteiger charge is -2.32. The van der Waals surface area contributed by atoms with E-state index in [2.05, 4.69) is 26.7 Å². The molecule has 1 fully saturated rings. The van der Waals surface area contributed by atoms with E-state index in [-0.39, 0.29) is 11.8 Å². The summed E-state index contributed by atoms with van der Waals surface area (Å²) in [5.41, 5.74) is 2.88. The maximum absolute atomic E-state index is 12.9. The Morgan fingerprint density at radius 2 is 2.00 bits per heavy atom. The number of rotatable bonds is 3. The number of carbonyl (C=O) groups is 1. The fourth-order valence-corrected chi connectivity index (χ4v) is 4.85. The first-order valence-corrected chi connectivity index (χ1v) is 10.1. The Balaban J connectivity index is 1.56. The van der Waals surface area contributed by atoms with Gasteiger partial charge in [-0.3, -0.25) is 9.20 Å². The predicted octanol–water partition coefficient (Wildman–Crippen LogP) is 2.89. The smallest absolute Gasteiger partial charge is 0.257 e. The number of piperidine rings is 1. The Bertz CT molecular complexity index is 974. The molecule has 0 saturated carbocycles. The molecular weight excluding hydrogens is 360 g/mol. The van der Waals surface area contributed by atoms with E-state index < -0.39 is 0 Å². The molecule has 142 valence electrons. The van der Waals surface area contributed by atoms with Crippen LogP contribution in [0.15, 0.2) is 17.8 Å². The lowest BCUT2D eigenvalue weighted by molar-refractivity contribution is 0.0705. The van der Waals surface area contributed by atoms with E-state index in [1.165, 1.54) is 10.5 Å². The van der Waals surface area contributed by atoms with Gasteiger partial charge in [0.1, 0.15) is 10.7 Å². The standard InChI is InChI=1S/C19H24N6OS/c1-12-11-27-18-16(22-13(2)25(12)18)14-6-5-7-24(10-14)17(26)15-8-20-19(21-9-15)23(3)4/h8-9,11,14H,5-7,10H2,1-4H3/t14-/m0/s1. The molecule has 0 aromatic carbocycles. The Morgan fingerprint density at radius 1 is 1.26 bits per heavy atom. The third-order valence-electron chi connectivity index (χ3n) is 5.10. The Morgan fingerprint density at radius 3 is 2.70 bits per heavy atom. The van der Waals surface area contributed by atoms with Crippen molar-refractivity contribution < 1.29 is 4.79 Å². The molecule has 1 aliphatic heterocycles. The van der Waals surface area contributed by atoms with Crippen LogP contribution in [0.1, 0.15) is 46.3 Å². The average molecular weight is 385 g/mol. The molecule has 1 aliphatic rings. The highest BCUT2D eigenvalue weighted by atomic mass is 32.1. The fraction of sp³-hybridized carbons (Fsp3) is 0.474. The maximum atomic E-state index is 12.9. The quantitative estimate of drug-likeness (QED) is 0.695. The van der Waals surface area contributed by atoms with Gasteiger partial charge in [-0.1, -0.05) is 0 Å². The van der Waals surface area contributed by atoms with Gasteiger partial charge in [0.25, 0.3) is 5.91 Å². The minimum atomic E-state index is -0.000425. The van der Waals surface area contributed by atoms with Crippen molar-refractivity contribution in [2.75, 3.05) is 32.1 Å². The van der Waals surface area contributed by atoms with E-state index >= 15 is 0 Å². The predicted molar refractivity (Wildman–Crippen MR) is 107 cm³/mol. The van der Waals surface area contributed by atoms with Crippen LogP contribution in [-0.2, 0) is 0 Å². The first-order valence-electron chi connectivity index (χ1n) is 9.17. The summed E-state index contributed by atoms with van der Waals surface area (Å²) in [4.78, 5) is 31.3. The largest absolute Gasteiger partial charge is 0.347 e. The number of hydrogen-bond acceptors (Lipinski definition) is 6. The molecular formula is C19H24N6OS. The van der Waals surface area contributed by atoms with Crippen LogP contribution in [0, 0.1) is 13.8 Å². The Labute approximate surface area is 162 Å². The SMILES string of the molecule is Cc1csc2c([C@H]3CCCN(C(=O)c4cnc(N(C)C)nc4)C3)nc(C)n12. The number of thiazole rings is 1. The van der Waals surface area contributed by atoms with Crippen molar-refractivity contribution >= 4 is 28.0 Å². The van der Waals surface area contributed by atoms with E-state index in [4.69, 9.17) is 4.98 Å². The topological polar surface area (TPSA) is 66.6 Å². The van der Waals surface area contributed by atoms with Gasteiger partial charge in [0.05, 0.1) is 11.3 Å². The van der Waals surface area contributed by atoms with Crippen LogP contribution in [0.5, 0.6) is 0 Å². The van der Waals surface area contributed by atoms with Gasteiger partial charge in [0.15, 0.2) is 0 Å².